The lowest BCUT2D eigenvalue weighted by Gasteiger charge is -2.48. The first-order valence-corrected chi connectivity index (χ1v) is 24.3. The molecule has 2 aromatic carbocycles. The Balaban J connectivity index is 1.04. The second-order valence-electron chi connectivity index (χ2n) is 19.4. The molecular weight excluding hydrogens is 931 g/mol. The molecular formula is C49H63N5O17. The number of carbonyl (C=O) groups is 3. The van der Waals surface area contributed by atoms with Gasteiger partial charge in [-0.3, -0.25) is 14.9 Å². The molecule has 386 valence electrons. The number of carboxylic acid groups (broad SMARTS) is 1. The lowest BCUT2D eigenvalue weighted by atomic mass is 9.75. The number of aryl methyl sites for hydroxylation is 1. The lowest BCUT2D eigenvalue weighted by molar-refractivity contribution is -0.384. The number of aliphatic carboxylic acids is 1. The number of fused-ring (bicyclic) bond motifs is 1. The Morgan fingerprint density at radius 3 is 2.37 bits per heavy atom. The van der Waals surface area contributed by atoms with Crippen LogP contribution in [0.2, 0.25) is 0 Å². The molecule has 22 heteroatoms. The van der Waals surface area contributed by atoms with Crippen LogP contribution in [0.1, 0.15) is 87.7 Å². The van der Waals surface area contributed by atoms with Crippen molar-refractivity contribution in [3.63, 3.8) is 0 Å². The van der Waals surface area contributed by atoms with Crippen molar-refractivity contribution in [2.45, 2.75) is 164 Å². The van der Waals surface area contributed by atoms with Gasteiger partial charge in [0.2, 0.25) is 0 Å². The van der Waals surface area contributed by atoms with Crippen LogP contribution in [0.5, 0.6) is 0 Å². The molecule has 8 rings (SSSR count). The van der Waals surface area contributed by atoms with Crippen LogP contribution < -0.4 is 0 Å². The van der Waals surface area contributed by atoms with Crippen LogP contribution in [-0.2, 0) is 51.1 Å². The molecule has 4 aromatic rings. The maximum absolute atomic E-state index is 14.2. The Morgan fingerprint density at radius 1 is 0.887 bits per heavy atom. The number of nitro groups is 1. The van der Waals surface area contributed by atoms with Gasteiger partial charge in [0.15, 0.2) is 24.8 Å². The number of aliphatic hydroxyl groups excluding tert-OH is 5. The van der Waals surface area contributed by atoms with Gasteiger partial charge in [-0.1, -0.05) is 62.4 Å². The fourth-order valence-corrected chi connectivity index (χ4v) is 10.4. The van der Waals surface area contributed by atoms with Crippen LogP contribution in [0.25, 0.3) is 10.9 Å². The molecule has 2 saturated heterocycles. The summed E-state index contributed by atoms with van der Waals surface area (Å²) in [6.07, 6.45) is -10.3. The zero-order valence-corrected chi connectivity index (χ0v) is 39.5. The number of non-ortho nitro benzene ring substituents is 1. The summed E-state index contributed by atoms with van der Waals surface area (Å²) in [6, 6.07) is 14.3. The largest absolute Gasteiger partial charge is 0.479 e. The third-order valence-corrected chi connectivity index (χ3v) is 14.4. The van der Waals surface area contributed by atoms with Crippen LogP contribution in [0.4, 0.5) is 5.69 Å². The quantitative estimate of drug-likeness (QED) is 0.0447. The average molecular weight is 994 g/mol. The minimum absolute atomic E-state index is 0.0241. The number of aliphatic hydroxyl groups is 5. The molecule has 0 radical (unpaired) electrons. The van der Waals surface area contributed by atoms with E-state index in [1.54, 1.807) is 54.3 Å². The van der Waals surface area contributed by atoms with Crippen molar-refractivity contribution in [3.05, 3.63) is 88.4 Å². The van der Waals surface area contributed by atoms with Gasteiger partial charge < -0.3 is 63.6 Å². The van der Waals surface area contributed by atoms with Gasteiger partial charge in [0.1, 0.15) is 49.1 Å². The second-order valence-corrected chi connectivity index (χ2v) is 19.4. The minimum atomic E-state index is -1.71. The molecule has 0 amide bonds. The van der Waals surface area contributed by atoms with Gasteiger partial charge >= 0.3 is 11.9 Å². The summed E-state index contributed by atoms with van der Waals surface area (Å²) < 4.78 is 40.9. The third-order valence-electron chi connectivity index (χ3n) is 14.4. The highest BCUT2D eigenvalue weighted by Crippen LogP contribution is 2.40. The van der Waals surface area contributed by atoms with E-state index in [1.807, 2.05) is 4.57 Å². The number of benzene rings is 2. The molecule has 71 heavy (non-hydrogen) atoms. The summed E-state index contributed by atoms with van der Waals surface area (Å²) in [5.74, 6) is -3.50. The molecule has 0 bridgehead atoms. The SMILES string of the molecule is CC1O[C@@H](O[C@@H]2C(C)CC(C(=O)CCc3cn(Cn4ccc5cc([N+](=O)[O-])ccc54)nn3)C[C@H]2O[C@@H]2O[C@@H](CO)[C@H](O)C(O[C@@H](CC3CCCCC3)C(=O)O)C2OC(=O)c2ccccc2)C(O)[C@@H](O)[C@@H]1O. The van der Waals surface area contributed by atoms with E-state index in [4.69, 9.17) is 28.4 Å². The Bertz CT molecular complexity index is 2450. The van der Waals surface area contributed by atoms with Gasteiger partial charge in [-0.25, -0.2) is 14.3 Å². The Hall–Kier alpha value is -5.27. The standard InChI is InChI=1S/C49H63N5O17/c1-26-19-31(35(56)16-13-32-23-53(51-50-32)25-52-18-17-30-21-33(54(64)65)14-15-34(30)52)22-36(43(26)71-48-42(60)41(59)39(57)27(2)66-48)68-49-45(70-47(63)29-11-7-4-8-12-29)44(40(58)38(24-55)69-49)67-37(46(61)62)20-28-9-5-3-6-10-28/h4,7-8,11-12,14-15,17-18,21,23,26-28,31,36-45,48-49,55,57-60H,3,5-6,9-10,13,16,19-20,22,24-25H2,1-2H3,(H,61,62)/t26?,27?,31?,36-,37+,38+,39-,40+,41+,42?,43-,44?,45?,48+,49-/m1/s1. The van der Waals surface area contributed by atoms with Crippen LogP contribution in [-0.4, -0.2) is 159 Å². The fraction of sp³-hybridized carbons (Fsp3) is 0.612. The van der Waals surface area contributed by atoms with Crippen LogP contribution >= 0.6 is 0 Å². The Labute approximate surface area is 408 Å². The maximum atomic E-state index is 14.2. The van der Waals surface area contributed by atoms with E-state index in [9.17, 15) is 55.1 Å². The zero-order valence-electron chi connectivity index (χ0n) is 39.5. The highest BCUT2D eigenvalue weighted by molar-refractivity contribution is 5.89. The van der Waals surface area contributed by atoms with Gasteiger partial charge in [-0.05, 0) is 62.3 Å². The van der Waals surface area contributed by atoms with Crippen molar-refractivity contribution in [2.75, 3.05) is 6.61 Å². The van der Waals surface area contributed by atoms with Crippen LogP contribution in [0.3, 0.4) is 0 Å². The highest BCUT2D eigenvalue weighted by atomic mass is 16.7. The molecule has 6 N–H and O–H groups in total. The molecule has 6 unspecified atom stereocenters. The number of rotatable bonds is 19. The molecule has 2 saturated carbocycles. The monoisotopic (exact) mass is 993 g/mol. The van der Waals surface area contributed by atoms with Crippen molar-refractivity contribution in [2.24, 2.45) is 17.8 Å². The number of aromatic nitrogens is 4. The van der Waals surface area contributed by atoms with E-state index in [-0.39, 0.29) is 61.7 Å². The number of nitro benzene ring substituents is 1. The zero-order chi connectivity index (χ0) is 50.5. The molecule has 2 aromatic heterocycles. The summed E-state index contributed by atoms with van der Waals surface area (Å²) in [4.78, 5) is 51.8. The van der Waals surface area contributed by atoms with E-state index in [0.29, 0.717) is 11.1 Å². The number of carbonyl (C=O) groups excluding carboxylic acids is 2. The Morgan fingerprint density at radius 2 is 1.65 bits per heavy atom. The van der Waals surface area contributed by atoms with E-state index in [0.717, 1.165) is 37.6 Å². The number of carboxylic acids is 1. The summed E-state index contributed by atoms with van der Waals surface area (Å²) in [5, 5.41) is 85.4. The first-order valence-electron chi connectivity index (χ1n) is 24.3. The highest BCUT2D eigenvalue weighted by Gasteiger charge is 2.54. The minimum Gasteiger partial charge on any atom is -0.479 e. The van der Waals surface area contributed by atoms with Gasteiger partial charge in [-0.15, -0.1) is 5.10 Å². The van der Waals surface area contributed by atoms with Crippen LogP contribution in [0, 0.1) is 27.9 Å². The number of Topliss-reactive ketones (excluding diaryl/α,β-unsaturated/α-hetero) is 1. The van der Waals surface area contributed by atoms with Crippen molar-refractivity contribution in [1.29, 1.82) is 0 Å². The second kappa shape index (κ2) is 23.1. The molecule has 0 spiro atoms. The molecule has 2 aliphatic carbocycles. The smallest absolute Gasteiger partial charge is 0.338 e. The summed E-state index contributed by atoms with van der Waals surface area (Å²) >= 11 is 0. The number of hydrogen-bond acceptors (Lipinski definition) is 18. The van der Waals surface area contributed by atoms with Crippen molar-refractivity contribution >= 4 is 34.3 Å². The van der Waals surface area contributed by atoms with Crippen molar-refractivity contribution in [3.8, 4) is 0 Å². The van der Waals surface area contributed by atoms with E-state index in [2.05, 4.69) is 10.3 Å². The first kappa shape index (κ1) is 52.1. The predicted molar refractivity (Wildman–Crippen MR) is 246 cm³/mol. The fourth-order valence-electron chi connectivity index (χ4n) is 10.4. The number of ether oxygens (including phenoxy) is 6. The van der Waals surface area contributed by atoms with Gasteiger partial charge in [0, 0.05) is 42.5 Å². The molecule has 15 atom stereocenters. The number of nitrogens with zero attached hydrogens (tertiary/aromatic N) is 5. The predicted octanol–water partition coefficient (Wildman–Crippen LogP) is 2.91. The maximum Gasteiger partial charge on any atom is 0.338 e. The van der Waals surface area contributed by atoms with Gasteiger partial charge in [0.25, 0.3) is 5.69 Å². The van der Waals surface area contributed by atoms with Crippen LogP contribution in [0.15, 0.2) is 67.0 Å². The lowest BCUT2D eigenvalue weighted by Crippen LogP contribution is -2.64. The molecule has 2 aliphatic heterocycles. The van der Waals surface area contributed by atoms with Crippen molar-refractivity contribution < 1.29 is 78.4 Å². The number of esters is 1. The van der Waals surface area contributed by atoms with Gasteiger partial charge in [-0.2, -0.15) is 0 Å². The number of ketones is 1. The molecule has 4 heterocycles. The summed E-state index contributed by atoms with van der Waals surface area (Å²) in [6.45, 7) is 2.77. The molecule has 22 nitrogen and oxygen atoms in total. The Kier molecular flexibility index (Phi) is 16.9. The molecule has 4 aliphatic rings. The van der Waals surface area contributed by atoms with E-state index in [1.165, 1.54) is 31.2 Å². The first-order chi connectivity index (χ1) is 34.1. The summed E-state index contributed by atoms with van der Waals surface area (Å²) in [7, 11) is 0. The third kappa shape index (κ3) is 12.2. The topological polar surface area (TPSA) is 307 Å². The number of hydrogen-bond donors (Lipinski definition) is 6. The van der Waals surface area contributed by atoms with Crippen molar-refractivity contribution in [1.82, 2.24) is 19.6 Å². The average Bonchev–Trinajstić information content (AvgIpc) is 4.00. The van der Waals surface area contributed by atoms with E-state index >= 15 is 0 Å². The summed E-state index contributed by atoms with van der Waals surface area (Å²) in [5.41, 5.74) is 1.38. The normalized spacial score (nSPS) is 32.0. The molecule has 4 fully saturated rings. The van der Waals surface area contributed by atoms with Gasteiger partial charge in [0.05, 0.1) is 52.8 Å². The van der Waals surface area contributed by atoms with E-state index < -0.39 is 115 Å².